The Kier molecular flexibility index (Phi) is 7.44. The summed E-state index contributed by atoms with van der Waals surface area (Å²) >= 11 is 7.40. The first-order valence-corrected chi connectivity index (χ1v) is 11.4. The quantitative estimate of drug-likeness (QED) is 0.310. The molecule has 0 aliphatic carbocycles. The third-order valence-corrected chi connectivity index (χ3v) is 5.97. The predicted octanol–water partition coefficient (Wildman–Crippen LogP) is 6.53. The van der Waals surface area contributed by atoms with Crippen LogP contribution in [0.2, 0.25) is 5.02 Å². The molecule has 0 spiro atoms. The summed E-state index contributed by atoms with van der Waals surface area (Å²) in [5, 5.41) is 5.86. The Balaban J connectivity index is 1.47. The zero-order valence-electron chi connectivity index (χ0n) is 17.5. The lowest BCUT2D eigenvalue weighted by molar-refractivity contribution is 0.102. The minimum atomic E-state index is -0.370. The lowest BCUT2D eigenvalue weighted by atomic mass is 10.1. The first-order valence-electron chi connectivity index (χ1n) is 10.2. The maximum absolute atomic E-state index is 13.3. The minimum Gasteiger partial charge on any atom is -0.321 e. The fraction of sp³-hybridized carbons (Fsp3) is 0.120. The number of rotatable bonds is 8. The van der Waals surface area contributed by atoms with Crippen LogP contribution in [0.5, 0.6) is 0 Å². The topological polar surface area (TPSA) is 45.2 Å². The van der Waals surface area contributed by atoms with Gasteiger partial charge in [-0.2, -0.15) is 0 Å². The molecule has 33 heavy (non-hydrogen) atoms. The molecule has 4 nitrogen and oxygen atoms in total. The molecule has 0 radical (unpaired) electrons. The van der Waals surface area contributed by atoms with Crippen LogP contribution in [0.1, 0.15) is 26.6 Å². The SMILES string of the molecule is O=C(Nc1ccc(F)cc1)c1csc(CN(Cc2ccc(F)cc2)Cc2ccc(Cl)cc2)n1. The highest BCUT2D eigenvalue weighted by atomic mass is 35.5. The Bertz CT molecular complexity index is 1160. The molecule has 0 saturated carbocycles. The molecule has 0 aliphatic heterocycles. The van der Waals surface area contributed by atoms with Gasteiger partial charge >= 0.3 is 0 Å². The van der Waals surface area contributed by atoms with E-state index in [0.29, 0.717) is 36.0 Å². The van der Waals surface area contributed by atoms with Crippen LogP contribution >= 0.6 is 22.9 Å². The van der Waals surface area contributed by atoms with Crippen molar-refractivity contribution in [3.8, 4) is 0 Å². The highest BCUT2D eigenvalue weighted by molar-refractivity contribution is 7.09. The van der Waals surface area contributed by atoms with Crippen LogP contribution in [0.4, 0.5) is 14.5 Å². The van der Waals surface area contributed by atoms with Crippen LogP contribution in [0, 0.1) is 11.6 Å². The van der Waals surface area contributed by atoms with Crippen LogP contribution < -0.4 is 5.32 Å². The largest absolute Gasteiger partial charge is 0.321 e. The van der Waals surface area contributed by atoms with Gasteiger partial charge in [-0.1, -0.05) is 35.9 Å². The van der Waals surface area contributed by atoms with Crippen molar-refractivity contribution in [2.45, 2.75) is 19.6 Å². The Morgan fingerprint density at radius 3 is 2.00 bits per heavy atom. The van der Waals surface area contributed by atoms with Gasteiger partial charge < -0.3 is 5.32 Å². The van der Waals surface area contributed by atoms with Gasteiger partial charge in [0.1, 0.15) is 22.3 Å². The van der Waals surface area contributed by atoms with Crippen LogP contribution in [-0.4, -0.2) is 15.8 Å². The van der Waals surface area contributed by atoms with E-state index in [2.05, 4.69) is 15.2 Å². The number of benzene rings is 3. The number of aromatic nitrogens is 1. The first-order chi connectivity index (χ1) is 15.9. The van der Waals surface area contributed by atoms with Crippen molar-refractivity contribution in [1.82, 2.24) is 9.88 Å². The van der Waals surface area contributed by atoms with Crippen molar-refractivity contribution < 1.29 is 13.6 Å². The number of hydrogen-bond donors (Lipinski definition) is 1. The smallest absolute Gasteiger partial charge is 0.275 e. The van der Waals surface area contributed by atoms with Gasteiger partial charge in [0.05, 0.1) is 6.54 Å². The maximum atomic E-state index is 13.3. The van der Waals surface area contributed by atoms with E-state index in [-0.39, 0.29) is 17.5 Å². The van der Waals surface area contributed by atoms with E-state index < -0.39 is 0 Å². The van der Waals surface area contributed by atoms with Crippen molar-refractivity contribution in [3.05, 3.63) is 117 Å². The third-order valence-electron chi connectivity index (χ3n) is 4.88. The van der Waals surface area contributed by atoms with Gasteiger partial charge in [0, 0.05) is 29.2 Å². The van der Waals surface area contributed by atoms with Gasteiger partial charge in [0.15, 0.2) is 0 Å². The molecule has 1 aromatic heterocycles. The number of anilines is 1. The van der Waals surface area contributed by atoms with Gasteiger partial charge in [0.25, 0.3) is 5.91 Å². The number of thiazole rings is 1. The van der Waals surface area contributed by atoms with E-state index in [1.165, 1.54) is 47.7 Å². The molecule has 168 valence electrons. The van der Waals surface area contributed by atoms with Crippen molar-refractivity contribution in [3.63, 3.8) is 0 Å². The average molecular weight is 484 g/mol. The molecule has 1 heterocycles. The molecule has 1 amide bonds. The van der Waals surface area contributed by atoms with E-state index in [4.69, 9.17) is 11.6 Å². The Morgan fingerprint density at radius 1 is 0.848 bits per heavy atom. The number of halogens is 3. The first kappa shape index (κ1) is 23.0. The Hall–Kier alpha value is -3.13. The normalized spacial score (nSPS) is 11.0. The minimum absolute atomic E-state index is 0.278. The van der Waals surface area contributed by atoms with Crippen molar-refractivity contribution in [2.75, 3.05) is 5.32 Å². The second-order valence-electron chi connectivity index (χ2n) is 7.49. The monoisotopic (exact) mass is 483 g/mol. The molecular formula is C25H20ClF2N3OS. The third kappa shape index (κ3) is 6.68. The molecule has 4 aromatic rings. The molecule has 4 rings (SSSR count). The molecule has 1 N–H and O–H groups in total. The highest BCUT2D eigenvalue weighted by Gasteiger charge is 2.15. The summed E-state index contributed by atoms with van der Waals surface area (Å²) in [5.41, 5.74) is 2.84. The molecule has 0 unspecified atom stereocenters. The van der Waals surface area contributed by atoms with Gasteiger partial charge in [0.2, 0.25) is 0 Å². The number of amides is 1. The summed E-state index contributed by atoms with van der Waals surface area (Å²) < 4.78 is 26.4. The summed E-state index contributed by atoms with van der Waals surface area (Å²) in [7, 11) is 0. The Labute approximate surface area is 199 Å². The fourth-order valence-electron chi connectivity index (χ4n) is 3.27. The molecule has 0 bridgehead atoms. The highest BCUT2D eigenvalue weighted by Crippen LogP contribution is 2.19. The predicted molar refractivity (Wildman–Crippen MR) is 127 cm³/mol. The van der Waals surface area contributed by atoms with Crippen LogP contribution in [0.3, 0.4) is 0 Å². The number of hydrogen-bond acceptors (Lipinski definition) is 4. The number of nitrogens with one attached hydrogen (secondary N) is 1. The number of carbonyl (C=O) groups is 1. The number of nitrogens with zero attached hydrogens (tertiary/aromatic N) is 2. The maximum Gasteiger partial charge on any atom is 0.275 e. The molecule has 8 heteroatoms. The second-order valence-corrected chi connectivity index (χ2v) is 8.86. The molecular weight excluding hydrogens is 464 g/mol. The molecule has 0 saturated heterocycles. The van der Waals surface area contributed by atoms with Crippen LogP contribution in [0.15, 0.2) is 78.2 Å². The second kappa shape index (κ2) is 10.7. The summed E-state index contributed by atoms with van der Waals surface area (Å²) in [6.07, 6.45) is 0. The van der Waals surface area contributed by atoms with E-state index >= 15 is 0 Å². The van der Waals surface area contributed by atoms with Crippen molar-refractivity contribution >= 4 is 34.5 Å². The van der Waals surface area contributed by atoms with Crippen LogP contribution in [-0.2, 0) is 19.6 Å². The average Bonchev–Trinajstić information content (AvgIpc) is 3.27. The summed E-state index contributed by atoms with van der Waals surface area (Å²) in [6.45, 7) is 1.72. The fourth-order valence-corrected chi connectivity index (χ4v) is 4.21. The van der Waals surface area contributed by atoms with E-state index in [1.807, 2.05) is 24.3 Å². The van der Waals surface area contributed by atoms with Crippen molar-refractivity contribution in [1.29, 1.82) is 0 Å². The zero-order valence-corrected chi connectivity index (χ0v) is 19.0. The van der Waals surface area contributed by atoms with Gasteiger partial charge in [-0.05, 0) is 59.7 Å². The molecule has 0 fully saturated rings. The summed E-state index contributed by atoms with van der Waals surface area (Å²) in [4.78, 5) is 19.2. The standard InChI is InChI=1S/C25H20ClF2N3OS/c26-19-5-1-17(2-6-19)13-31(14-18-3-7-20(27)8-4-18)15-24-30-23(16-33-24)25(32)29-22-11-9-21(28)10-12-22/h1-12,16H,13-15H2,(H,29,32). The lowest BCUT2D eigenvalue weighted by Crippen LogP contribution is -2.22. The summed E-state index contributed by atoms with van der Waals surface area (Å²) in [6, 6.07) is 19.6. The molecule has 0 aliphatic rings. The zero-order chi connectivity index (χ0) is 23.2. The van der Waals surface area contributed by atoms with E-state index in [0.717, 1.165) is 16.1 Å². The summed E-state index contributed by atoms with van der Waals surface area (Å²) in [5.74, 6) is -1.00. The number of carbonyl (C=O) groups excluding carboxylic acids is 1. The molecule has 3 aromatic carbocycles. The molecule has 0 atom stereocenters. The lowest BCUT2D eigenvalue weighted by Gasteiger charge is -2.21. The van der Waals surface area contributed by atoms with Crippen LogP contribution in [0.25, 0.3) is 0 Å². The van der Waals surface area contributed by atoms with E-state index in [1.54, 1.807) is 17.5 Å². The van der Waals surface area contributed by atoms with Gasteiger partial charge in [-0.15, -0.1) is 11.3 Å². The van der Waals surface area contributed by atoms with E-state index in [9.17, 15) is 13.6 Å². The van der Waals surface area contributed by atoms with Gasteiger partial charge in [-0.3, -0.25) is 9.69 Å². The van der Waals surface area contributed by atoms with Crippen molar-refractivity contribution in [2.24, 2.45) is 0 Å². The Morgan fingerprint density at radius 2 is 1.39 bits per heavy atom. The van der Waals surface area contributed by atoms with Gasteiger partial charge in [-0.25, -0.2) is 13.8 Å².